The van der Waals surface area contributed by atoms with Gasteiger partial charge in [-0.05, 0) is 41.1 Å². The first-order valence-electron chi connectivity index (χ1n) is 8.57. The van der Waals surface area contributed by atoms with E-state index in [4.69, 9.17) is 9.47 Å². The van der Waals surface area contributed by atoms with E-state index in [1.54, 1.807) is 6.07 Å². The zero-order valence-electron chi connectivity index (χ0n) is 15.1. The smallest absolute Gasteiger partial charge is 0.366 e. The summed E-state index contributed by atoms with van der Waals surface area (Å²) >= 11 is 0. The molecule has 29 heavy (non-hydrogen) atoms. The van der Waals surface area contributed by atoms with Gasteiger partial charge >= 0.3 is 5.82 Å². The second kappa shape index (κ2) is 6.86. The fourth-order valence-electron chi connectivity index (χ4n) is 3.02. The van der Waals surface area contributed by atoms with Crippen molar-refractivity contribution in [3.05, 3.63) is 46.0 Å². The highest BCUT2D eigenvalue weighted by atomic mass is 16.6. The normalized spacial score (nSPS) is 17.4. The molecule has 0 fully saturated rings. The monoisotopic (exact) mass is 398 g/mol. The molecule has 148 valence electrons. The summed E-state index contributed by atoms with van der Waals surface area (Å²) in [6, 6.07) is 7.00. The summed E-state index contributed by atoms with van der Waals surface area (Å²) in [5.41, 5.74) is 0.580. The number of nitro groups is 1. The highest BCUT2D eigenvalue weighted by Gasteiger charge is 2.38. The number of benzene rings is 1. The van der Waals surface area contributed by atoms with Crippen molar-refractivity contribution < 1.29 is 28.8 Å². The van der Waals surface area contributed by atoms with Gasteiger partial charge in [0.25, 0.3) is 17.6 Å². The third kappa shape index (κ3) is 3.33. The third-order valence-electron chi connectivity index (χ3n) is 4.42. The van der Waals surface area contributed by atoms with Crippen molar-refractivity contribution in [1.82, 2.24) is 4.98 Å². The standard InChI is InChI=1S/C18H14N4O7/c1-9-18(25)21(17-14(29-9)4-5-15(20-17)22(26)27)7-12(23)10-2-3-13-11(6-10)19-16(24)8-28-13/h2-6,9H,7-8H2,1H3,(H,19,24). The Labute approximate surface area is 163 Å². The van der Waals surface area contributed by atoms with Crippen LogP contribution in [0.3, 0.4) is 0 Å². The number of ketones is 1. The van der Waals surface area contributed by atoms with Crippen LogP contribution in [0, 0.1) is 10.1 Å². The van der Waals surface area contributed by atoms with E-state index >= 15 is 0 Å². The minimum absolute atomic E-state index is 0.0924. The summed E-state index contributed by atoms with van der Waals surface area (Å²) in [4.78, 5) is 52.1. The van der Waals surface area contributed by atoms with Crippen LogP contribution >= 0.6 is 0 Å². The Bertz CT molecular complexity index is 1070. The molecule has 2 aliphatic rings. The summed E-state index contributed by atoms with van der Waals surface area (Å²) in [7, 11) is 0. The van der Waals surface area contributed by atoms with Gasteiger partial charge in [-0.3, -0.25) is 19.3 Å². The first kappa shape index (κ1) is 18.3. The van der Waals surface area contributed by atoms with Gasteiger partial charge in [-0.25, -0.2) is 0 Å². The number of rotatable bonds is 4. The van der Waals surface area contributed by atoms with Gasteiger partial charge in [-0.1, -0.05) is 0 Å². The minimum Gasteiger partial charge on any atom is -0.482 e. The van der Waals surface area contributed by atoms with Gasteiger partial charge in [0.05, 0.1) is 12.2 Å². The number of hydrogen-bond acceptors (Lipinski definition) is 8. The van der Waals surface area contributed by atoms with Crippen LogP contribution in [-0.4, -0.2) is 46.8 Å². The highest BCUT2D eigenvalue weighted by molar-refractivity contribution is 6.08. The zero-order valence-corrected chi connectivity index (χ0v) is 15.1. The van der Waals surface area contributed by atoms with Crippen LogP contribution in [0.4, 0.5) is 17.3 Å². The van der Waals surface area contributed by atoms with Crippen molar-refractivity contribution in [2.75, 3.05) is 23.4 Å². The second-order valence-electron chi connectivity index (χ2n) is 6.40. The fraction of sp³-hybridized carbons (Fsp3) is 0.222. The van der Waals surface area contributed by atoms with Crippen molar-refractivity contribution in [2.45, 2.75) is 13.0 Å². The lowest BCUT2D eigenvalue weighted by Crippen LogP contribution is -2.47. The number of Topliss-reactive ketones (excluding diaryl/α,β-unsaturated/α-hetero) is 1. The number of carbonyl (C=O) groups excluding carboxylic acids is 3. The lowest BCUT2D eigenvalue weighted by atomic mass is 10.1. The van der Waals surface area contributed by atoms with Crippen LogP contribution in [-0.2, 0) is 9.59 Å². The van der Waals surface area contributed by atoms with Crippen molar-refractivity contribution in [1.29, 1.82) is 0 Å². The predicted octanol–water partition coefficient (Wildman–Crippen LogP) is 1.32. The molecule has 2 aliphatic heterocycles. The van der Waals surface area contributed by atoms with E-state index in [9.17, 15) is 24.5 Å². The van der Waals surface area contributed by atoms with Gasteiger partial charge in [-0.15, -0.1) is 0 Å². The maximum atomic E-state index is 12.8. The Hall–Kier alpha value is -4.02. The number of aromatic nitrogens is 1. The van der Waals surface area contributed by atoms with Crippen molar-refractivity contribution in [3.63, 3.8) is 0 Å². The molecule has 0 saturated carbocycles. The summed E-state index contributed by atoms with van der Waals surface area (Å²) in [6.45, 7) is 0.999. The molecule has 3 heterocycles. The van der Waals surface area contributed by atoms with E-state index in [1.165, 1.54) is 25.1 Å². The molecule has 0 spiro atoms. The molecule has 1 N–H and O–H groups in total. The molecule has 2 aromatic rings. The van der Waals surface area contributed by atoms with Crippen molar-refractivity contribution in [2.24, 2.45) is 0 Å². The molecule has 11 nitrogen and oxygen atoms in total. The first-order chi connectivity index (χ1) is 13.8. The largest absolute Gasteiger partial charge is 0.482 e. The van der Waals surface area contributed by atoms with Crippen LogP contribution in [0.15, 0.2) is 30.3 Å². The summed E-state index contributed by atoms with van der Waals surface area (Å²) in [6.07, 6.45) is -0.880. The molecule has 0 radical (unpaired) electrons. The van der Waals surface area contributed by atoms with Crippen LogP contribution in [0.1, 0.15) is 17.3 Å². The quantitative estimate of drug-likeness (QED) is 0.462. The molecule has 1 aromatic carbocycles. The summed E-state index contributed by atoms with van der Waals surface area (Å²) in [5.74, 6) is -1.31. The summed E-state index contributed by atoms with van der Waals surface area (Å²) in [5, 5.41) is 13.6. The molecule has 0 aliphatic carbocycles. The molecule has 4 rings (SSSR count). The Morgan fingerprint density at radius 2 is 2.07 bits per heavy atom. The van der Waals surface area contributed by atoms with Gasteiger partial charge in [0.1, 0.15) is 5.75 Å². The Morgan fingerprint density at radius 1 is 1.31 bits per heavy atom. The number of carbonyl (C=O) groups is 3. The number of hydrogen-bond donors (Lipinski definition) is 1. The number of amides is 2. The molecule has 1 unspecified atom stereocenters. The van der Waals surface area contributed by atoms with E-state index in [2.05, 4.69) is 10.3 Å². The number of ether oxygens (including phenoxy) is 2. The zero-order chi connectivity index (χ0) is 20.7. The number of nitrogens with zero attached hydrogens (tertiary/aromatic N) is 3. The average Bonchev–Trinajstić information content (AvgIpc) is 2.70. The average molecular weight is 398 g/mol. The van der Waals surface area contributed by atoms with Gasteiger partial charge in [0, 0.05) is 11.6 Å². The molecule has 0 saturated heterocycles. The van der Waals surface area contributed by atoms with Crippen molar-refractivity contribution >= 4 is 34.9 Å². The number of pyridine rings is 1. The lowest BCUT2D eigenvalue weighted by molar-refractivity contribution is -0.389. The fourth-order valence-corrected chi connectivity index (χ4v) is 3.02. The predicted molar refractivity (Wildman–Crippen MR) is 98.2 cm³/mol. The van der Waals surface area contributed by atoms with Crippen molar-refractivity contribution in [3.8, 4) is 11.5 Å². The number of anilines is 2. The number of fused-ring (bicyclic) bond motifs is 2. The molecule has 0 bridgehead atoms. The Kier molecular flexibility index (Phi) is 4.34. The molecule has 11 heteroatoms. The van der Waals surface area contributed by atoms with Crippen LogP contribution < -0.4 is 19.7 Å². The van der Waals surface area contributed by atoms with E-state index in [1.807, 2.05) is 0 Å². The second-order valence-corrected chi connectivity index (χ2v) is 6.40. The van der Waals surface area contributed by atoms with E-state index in [0.29, 0.717) is 11.4 Å². The Balaban J connectivity index is 1.65. The lowest BCUT2D eigenvalue weighted by Gasteiger charge is -2.29. The van der Waals surface area contributed by atoms with Crippen LogP contribution in [0.5, 0.6) is 11.5 Å². The van der Waals surface area contributed by atoms with Crippen LogP contribution in [0.25, 0.3) is 0 Å². The summed E-state index contributed by atoms with van der Waals surface area (Å²) < 4.78 is 10.7. The van der Waals surface area contributed by atoms with E-state index < -0.39 is 35.1 Å². The molecular weight excluding hydrogens is 384 g/mol. The van der Waals surface area contributed by atoms with E-state index in [-0.39, 0.29) is 29.6 Å². The van der Waals surface area contributed by atoms with Gasteiger partial charge in [0.2, 0.25) is 0 Å². The molecular formula is C18H14N4O7. The number of nitrogens with one attached hydrogen (secondary N) is 1. The van der Waals surface area contributed by atoms with Gasteiger partial charge in [0.15, 0.2) is 24.2 Å². The minimum atomic E-state index is -0.880. The maximum absolute atomic E-state index is 12.8. The topological polar surface area (TPSA) is 141 Å². The molecule has 2 amide bonds. The first-order valence-corrected chi connectivity index (χ1v) is 8.57. The van der Waals surface area contributed by atoms with E-state index in [0.717, 1.165) is 11.0 Å². The SMILES string of the molecule is CC1Oc2ccc([N+](=O)[O-])nc2N(CC(=O)c2ccc3c(c2)NC(=O)CO3)C1=O. The third-order valence-corrected chi connectivity index (χ3v) is 4.42. The van der Waals surface area contributed by atoms with Crippen LogP contribution in [0.2, 0.25) is 0 Å². The highest BCUT2D eigenvalue weighted by Crippen LogP contribution is 2.34. The van der Waals surface area contributed by atoms with Gasteiger partial charge < -0.3 is 24.9 Å². The van der Waals surface area contributed by atoms with Gasteiger partial charge in [-0.2, -0.15) is 0 Å². The molecule has 1 atom stereocenters. The molecule has 1 aromatic heterocycles. The Morgan fingerprint density at radius 3 is 2.83 bits per heavy atom. The maximum Gasteiger partial charge on any atom is 0.366 e.